The molecule has 0 radical (unpaired) electrons. The van der Waals surface area contributed by atoms with Gasteiger partial charge in [-0.2, -0.15) is 0 Å². The minimum absolute atomic E-state index is 0.129. The number of hydrogen-bond acceptors (Lipinski definition) is 6. The maximum Gasteiger partial charge on any atom is 0.272 e. The molecule has 0 aliphatic carbocycles. The van der Waals surface area contributed by atoms with Crippen LogP contribution in [0, 0.1) is 5.82 Å². The van der Waals surface area contributed by atoms with Crippen LogP contribution in [0.25, 0.3) is 17.3 Å². The van der Waals surface area contributed by atoms with E-state index in [4.69, 9.17) is 0 Å². The van der Waals surface area contributed by atoms with Gasteiger partial charge in [0.2, 0.25) is 5.91 Å². The van der Waals surface area contributed by atoms with E-state index in [1.54, 1.807) is 60.7 Å². The van der Waals surface area contributed by atoms with E-state index in [1.807, 2.05) is 48.7 Å². The van der Waals surface area contributed by atoms with E-state index < -0.39 is 22.9 Å². The van der Waals surface area contributed by atoms with Crippen molar-refractivity contribution in [3.63, 3.8) is 0 Å². The first-order valence-electron chi connectivity index (χ1n) is 14.1. The number of amides is 3. The Morgan fingerprint density at radius 3 is 2.33 bits per heavy atom. The summed E-state index contributed by atoms with van der Waals surface area (Å²) in [5, 5.41) is 10.3. The topological polar surface area (TPSA) is 100 Å². The summed E-state index contributed by atoms with van der Waals surface area (Å²) < 4.78 is 14.5. The summed E-state index contributed by atoms with van der Waals surface area (Å²) >= 11 is 2.73. The summed E-state index contributed by atoms with van der Waals surface area (Å²) in [7, 11) is 0. The molecule has 3 N–H and O–H groups in total. The van der Waals surface area contributed by atoms with Gasteiger partial charge in [-0.3, -0.25) is 14.4 Å². The van der Waals surface area contributed by atoms with E-state index in [-0.39, 0.29) is 17.2 Å². The molecule has 7 nitrogen and oxygen atoms in total. The Kier molecular flexibility index (Phi) is 10.5. The molecule has 4 aromatic carbocycles. The van der Waals surface area contributed by atoms with Crippen molar-refractivity contribution in [1.29, 1.82) is 0 Å². The second kappa shape index (κ2) is 15.1. The highest BCUT2D eigenvalue weighted by Crippen LogP contribution is 2.30. The zero-order chi connectivity index (χ0) is 31.6. The fraction of sp³-hybridized carbons (Fsp3) is 0.0857. The lowest BCUT2D eigenvalue weighted by Gasteiger charge is -2.15. The average Bonchev–Trinajstić information content (AvgIpc) is 3.53. The summed E-state index contributed by atoms with van der Waals surface area (Å²) in [4.78, 5) is 44.8. The standard InChI is InChI=1S/C35H29FN4O3S2/c1-2-31(34(43)40-35-39-30(22-44-35)23-12-5-3-6-13-23)45-27-18-11-17-26(21-27)37-33(42)29(20-25-16-9-10-19-28(25)36)38-32(41)24-14-7-4-8-15-24/h3-22,31H,2H2,1H3,(H,37,42)(H,38,41)(H,39,40,43)/b29-20-. The highest BCUT2D eigenvalue weighted by Gasteiger charge is 2.21. The number of thiazole rings is 1. The lowest BCUT2D eigenvalue weighted by Crippen LogP contribution is -2.30. The largest absolute Gasteiger partial charge is 0.321 e. The Morgan fingerprint density at radius 1 is 0.889 bits per heavy atom. The van der Waals surface area contributed by atoms with Crippen LogP contribution >= 0.6 is 23.1 Å². The molecule has 1 heterocycles. The highest BCUT2D eigenvalue weighted by molar-refractivity contribution is 8.00. The van der Waals surface area contributed by atoms with E-state index >= 15 is 0 Å². The van der Waals surface area contributed by atoms with Gasteiger partial charge in [-0.1, -0.05) is 79.7 Å². The molecule has 226 valence electrons. The molecule has 1 unspecified atom stereocenters. The molecule has 1 aromatic heterocycles. The Balaban J connectivity index is 1.28. The van der Waals surface area contributed by atoms with Gasteiger partial charge < -0.3 is 16.0 Å². The zero-order valence-corrected chi connectivity index (χ0v) is 25.8. The molecule has 0 aliphatic rings. The second-order valence-electron chi connectivity index (χ2n) is 9.79. The van der Waals surface area contributed by atoms with Crippen LogP contribution in [-0.2, 0) is 9.59 Å². The fourth-order valence-electron chi connectivity index (χ4n) is 4.28. The molecule has 3 amide bonds. The average molecular weight is 637 g/mol. The van der Waals surface area contributed by atoms with Gasteiger partial charge in [0.15, 0.2) is 5.13 Å². The first-order chi connectivity index (χ1) is 21.9. The maximum absolute atomic E-state index is 14.5. The van der Waals surface area contributed by atoms with Gasteiger partial charge in [-0.05, 0) is 48.9 Å². The fourth-order valence-corrected chi connectivity index (χ4v) is 6.02. The second-order valence-corrected chi connectivity index (χ2v) is 11.9. The van der Waals surface area contributed by atoms with Crippen molar-refractivity contribution in [2.45, 2.75) is 23.5 Å². The van der Waals surface area contributed by atoms with Crippen molar-refractivity contribution in [3.8, 4) is 11.3 Å². The third kappa shape index (κ3) is 8.53. The van der Waals surface area contributed by atoms with Gasteiger partial charge in [0, 0.05) is 32.7 Å². The maximum atomic E-state index is 14.5. The number of aromatic nitrogens is 1. The molecule has 0 spiro atoms. The minimum atomic E-state index is -0.632. The van der Waals surface area contributed by atoms with Crippen molar-refractivity contribution in [2.75, 3.05) is 10.6 Å². The molecule has 10 heteroatoms. The summed E-state index contributed by atoms with van der Waals surface area (Å²) in [5.74, 6) is -1.85. The molecule has 0 aliphatic heterocycles. The first kappa shape index (κ1) is 31.4. The van der Waals surface area contributed by atoms with E-state index in [1.165, 1.54) is 41.3 Å². The number of carbonyl (C=O) groups is 3. The van der Waals surface area contributed by atoms with Gasteiger partial charge >= 0.3 is 0 Å². The molecule has 1 atom stereocenters. The number of nitrogens with one attached hydrogen (secondary N) is 3. The molecular formula is C35H29FN4O3S2. The molecule has 5 rings (SSSR count). The minimum Gasteiger partial charge on any atom is -0.321 e. The summed E-state index contributed by atoms with van der Waals surface area (Å²) in [6.07, 6.45) is 1.86. The molecule has 0 saturated heterocycles. The van der Waals surface area contributed by atoms with E-state index in [9.17, 15) is 18.8 Å². The first-order valence-corrected chi connectivity index (χ1v) is 15.9. The molecular weight excluding hydrogens is 608 g/mol. The van der Waals surface area contributed by atoms with Crippen molar-refractivity contribution < 1.29 is 18.8 Å². The van der Waals surface area contributed by atoms with Crippen LogP contribution < -0.4 is 16.0 Å². The molecule has 0 fully saturated rings. The van der Waals surface area contributed by atoms with Crippen LogP contribution in [0.15, 0.2) is 125 Å². The summed E-state index contributed by atoms with van der Waals surface area (Å²) in [5.41, 5.74) is 2.58. The van der Waals surface area contributed by atoms with Crippen molar-refractivity contribution in [1.82, 2.24) is 10.3 Å². The number of thioether (sulfide) groups is 1. The van der Waals surface area contributed by atoms with Gasteiger partial charge in [-0.25, -0.2) is 9.37 Å². The van der Waals surface area contributed by atoms with Crippen LogP contribution in [0.2, 0.25) is 0 Å². The molecule has 5 aromatic rings. The normalized spacial score (nSPS) is 11.8. The van der Waals surface area contributed by atoms with Crippen molar-refractivity contribution in [2.24, 2.45) is 0 Å². The molecule has 0 saturated carbocycles. The molecule has 0 bridgehead atoms. The third-order valence-corrected chi connectivity index (χ3v) is 8.69. The van der Waals surface area contributed by atoms with Gasteiger partial charge in [0.05, 0.1) is 10.9 Å². The number of nitrogens with zero attached hydrogens (tertiary/aromatic N) is 1. The van der Waals surface area contributed by atoms with Gasteiger partial charge in [-0.15, -0.1) is 23.1 Å². The predicted octanol–water partition coefficient (Wildman–Crippen LogP) is 7.87. The lowest BCUT2D eigenvalue weighted by molar-refractivity contribution is -0.116. The quantitative estimate of drug-likeness (QED) is 0.101. The number of carbonyl (C=O) groups excluding carboxylic acids is 3. The number of halogens is 1. The monoisotopic (exact) mass is 636 g/mol. The Labute approximate surface area is 268 Å². The number of anilines is 2. The van der Waals surface area contributed by atoms with Crippen LogP contribution in [-0.4, -0.2) is 28.0 Å². The Bertz CT molecular complexity index is 1830. The van der Waals surface area contributed by atoms with Crippen LogP contribution in [0.1, 0.15) is 29.3 Å². The highest BCUT2D eigenvalue weighted by atomic mass is 32.2. The number of hydrogen-bond donors (Lipinski definition) is 3. The van der Waals surface area contributed by atoms with Crippen molar-refractivity contribution in [3.05, 3.63) is 137 Å². The zero-order valence-electron chi connectivity index (χ0n) is 24.2. The van der Waals surface area contributed by atoms with Gasteiger partial charge in [0.1, 0.15) is 11.5 Å². The lowest BCUT2D eigenvalue weighted by atomic mass is 10.1. The van der Waals surface area contributed by atoms with Crippen LogP contribution in [0.5, 0.6) is 0 Å². The Hall–Kier alpha value is -5.06. The smallest absolute Gasteiger partial charge is 0.272 e. The van der Waals surface area contributed by atoms with Crippen LogP contribution in [0.4, 0.5) is 15.2 Å². The van der Waals surface area contributed by atoms with Gasteiger partial charge in [0.25, 0.3) is 11.8 Å². The SMILES string of the molecule is CCC(Sc1cccc(NC(=O)/C(=C/c2ccccc2F)NC(=O)c2ccccc2)c1)C(=O)Nc1nc(-c2ccccc2)cs1. The summed E-state index contributed by atoms with van der Waals surface area (Å²) in [6.45, 7) is 1.93. The number of rotatable bonds is 11. The van der Waals surface area contributed by atoms with Crippen molar-refractivity contribution >= 4 is 57.7 Å². The summed E-state index contributed by atoms with van der Waals surface area (Å²) in [6, 6.07) is 31.2. The molecule has 45 heavy (non-hydrogen) atoms. The number of benzene rings is 4. The predicted molar refractivity (Wildman–Crippen MR) is 179 cm³/mol. The van der Waals surface area contributed by atoms with E-state index in [0.29, 0.717) is 22.8 Å². The van der Waals surface area contributed by atoms with Crippen LogP contribution in [0.3, 0.4) is 0 Å². The Morgan fingerprint density at radius 2 is 1.60 bits per heavy atom. The third-order valence-electron chi connectivity index (χ3n) is 6.57. The van der Waals surface area contributed by atoms with E-state index in [2.05, 4.69) is 20.9 Å². The van der Waals surface area contributed by atoms with E-state index in [0.717, 1.165) is 16.2 Å².